The Morgan fingerprint density at radius 2 is 1.81 bits per heavy atom. The smallest absolute Gasteiger partial charge is 0.127 e. The Balaban J connectivity index is 2.15. The van der Waals surface area contributed by atoms with E-state index in [1.807, 2.05) is 24.9 Å². The molecule has 4 heteroatoms. The zero-order valence-corrected chi connectivity index (χ0v) is 12.0. The molecule has 1 atom stereocenters. The van der Waals surface area contributed by atoms with Gasteiger partial charge < -0.3 is 0 Å². The fraction of sp³-hybridized carbons (Fsp3) is 0.235. The number of halogens is 2. The lowest BCUT2D eigenvalue weighted by atomic mass is 10.1. The third kappa shape index (κ3) is 3.65. The van der Waals surface area contributed by atoms with E-state index >= 15 is 0 Å². The van der Waals surface area contributed by atoms with Gasteiger partial charge in [-0.15, -0.1) is 0 Å². The normalized spacial score (nSPS) is 12.2. The molecule has 2 aromatic rings. The van der Waals surface area contributed by atoms with E-state index in [9.17, 15) is 8.78 Å². The number of rotatable bonds is 4. The Morgan fingerprint density at radius 1 is 1.14 bits per heavy atom. The predicted octanol–water partition coefficient (Wildman–Crippen LogP) is 4.03. The molecule has 0 saturated carbocycles. The Labute approximate surface area is 123 Å². The first-order chi connectivity index (χ1) is 10.0. The Hall–Kier alpha value is -2.25. The first-order valence-electron chi connectivity index (χ1n) is 6.65. The van der Waals surface area contributed by atoms with Gasteiger partial charge in [0.05, 0.1) is 11.6 Å². The molecule has 0 spiro atoms. The van der Waals surface area contributed by atoms with E-state index in [4.69, 9.17) is 5.26 Å². The lowest BCUT2D eigenvalue weighted by molar-refractivity contribution is 0.249. The van der Waals surface area contributed by atoms with Gasteiger partial charge in [-0.1, -0.05) is 12.1 Å². The highest BCUT2D eigenvalue weighted by Gasteiger charge is 2.14. The zero-order valence-electron chi connectivity index (χ0n) is 12.0. The van der Waals surface area contributed by atoms with Crippen molar-refractivity contribution in [1.82, 2.24) is 4.90 Å². The first kappa shape index (κ1) is 15.1. The van der Waals surface area contributed by atoms with Crippen LogP contribution in [-0.4, -0.2) is 11.9 Å². The van der Waals surface area contributed by atoms with E-state index in [1.165, 1.54) is 24.3 Å². The summed E-state index contributed by atoms with van der Waals surface area (Å²) in [5.74, 6) is -0.603. The first-order valence-corrected chi connectivity index (χ1v) is 6.65. The number of benzene rings is 2. The molecule has 0 saturated heterocycles. The number of nitriles is 1. The minimum Gasteiger partial charge on any atom is -0.295 e. The summed E-state index contributed by atoms with van der Waals surface area (Å²) in [5.41, 5.74) is 1.87. The minimum absolute atomic E-state index is 0.00995. The molecule has 0 aliphatic rings. The monoisotopic (exact) mass is 286 g/mol. The van der Waals surface area contributed by atoms with Crippen LogP contribution in [0.15, 0.2) is 42.5 Å². The van der Waals surface area contributed by atoms with Crippen molar-refractivity contribution in [3.63, 3.8) is 0 Å². The Morgan fingerprint density at radius 3 is 2.43 bits per heavy atom. The van der Waals surface area contributed by atoms with Gasteiger partial charge in [-0.2, -0.15) is 5.26 Å². The van der Waals surface area contributed by atoms with Crippen LogP contribution in [-0.2, 0) is 6.54 Å². The topological polar surface area (TPSA) is 27.0 Å². The summed E-state index contributed by atoms with van der Waals surface area (Å²) in [7, 11) is 1.87. The van der Waals surface area contributed by atoms with Gasteiger partial charge in [-0.3, -0.25) is 4.90 Å². The molecule has 2 rings (SSSR count). The highest BCUT2D eigenvalue weighted by molar-refractivity contribution is 5.33. The molecule has 108 valence electrons. The largest absolute Gasteiger partial charge is 0.295 e. The second-order valence-electron chi connectivity index (χ2n) is 5.06. The van der Waals surface area contributed by atoms with Gasteiger partial charge in [0.25, 0.3) is 0 Å². The summed E-state index contributed by atoms with van der Waals surface area (Å²) in [6.45, 7) is 2.35. The molecule has 0 amide bonds. The van der Waals surface area contributed by atoms with Crippen LogP contribution in [0, 0.1) is 23.0 Å². The zero-order chi connectivity index (χ0) is 15.4. The van der Waals surface area contributed by atoms with Crippen molar-refractivity contribution in [2.24, 2.45) is 0 Å². The van der Waals surface area contributed by atoms with Crippen LogP contribution in [0.25, 0.3) is 0 Å². The van der Waals surface area contributed by atoms with Gasteiger partial charge in [0.2, 0.25) is 0 Å². The van der Waals surface area contributed by atoms with Gasteiger partial charge in [0, 0.05) is 18.2 Å². The van der Waals surface area contributed by atoms with Gasteiger partial charge in [0.15, 0.2) is 0 Å². The second-order valence-corrected chi connectivity index (χ2v) is 5.06. The SMILES string of the molecule is CC(c1ccc(F)cc1)N(C)Cc1cc(C#N)ccc1F. The maximum atomic E-state index is 13.8. The Kier molecular flexibility index (Phi) is 4.66. The van der Waals surface area contributed by atoms with Crippen molar-refractivity contribution in [2.45, 2.75) is 19.5 Å². The van der Waals surface area contributed by atoms with Crippen molar-refractivity contribution in [1.29, 1.82) is 5.26 Å². The van der Waals surface area contributed by atoms with E-state index in [-0.39, 0.29) is 17.7 Å². The average molecular weight is 286 g/mol. The molecule has 0 bridgehead atoms. The lowest BCUT2D eigenvalue weighted by Gasteiger charge is -2.25. The van der Waals surface area contributed by atoms with Crippen molar-refractivity contribution in [2.75, 3.05) is 7.05 Å². The van der Waals surface area contributed by atoms with E-state index in [0.717, 1.165) is 5.56 Å². The van der Waals surface area contributed by atoms with Gasteiger partial charge in [0.1, 0.15) is 11.6 Å². The molecule has 0 N–H and O–H groups in total. The van der Waals surface area contributed by atoms with Gasteiger partial charge in [-0.05, 0) is 49.9 Å². The Bertz CT molecular complexity index is 659. The number of hydrogen-bond acceptors (Lipinski definition) is 2. The second kappa shape index (κ2) is 6.47. The maximum absolute atomic E-state index is 13.8. The summed E-state index contributed by atoms with van der Waals surface area (Å²) in [5, 5.41) is 8.88. The van der Waals surface area contributed by atoms with E-state index in [2.05, 4.69) is 0 Å². The fourth-order valence-electron chi connectivity index (χ4n) is 2.17. The van der Waals surface area contributed by atoms with Crippen LogP contribution < -0.4 is 0 Å². The summed E-state index contributed by atoms with van der Waals surface area (Å²) < 4.78 is 26.7. The van der Waals surface area contributed by atoms with Crippen LogP contribution in [0.4, 0.5) is 8.78 Å². The molecular weight excluding hydrogens is 270 g/mol. The fourth-order valence-corrected chi connectivity index (χ4v) is 2.17. The highest BCUT2D eigenvalue weighted by atomic mass is 19.1. The molecule has 2 aromatic carbocycles. The standard InChI is InChI=1S/C17H16F2N2/c1-12(14-4-6-16(18)7-5-14)21(2)11-15-9-13(10-20)3-8-17(15)19/h3-9,12H,11H2,1-2H3. The van der Waals surface area contributed by atoms with Crippen LogP contribution in [0.2, 0.25) is 0 Å². The van der Waals surface area contributed by atoms with Crippen molar-refractivity contribution < 1.29 is 8.78 Å². The van der Waals surface area contributed by atoms with Crippen molar-refractivity contribution in [3.8, 4) is 6.07 Å². The van der Waals surface area contributed by atoms with Gasteiger partial charge >= 0.3 is 0 Å². The van der Waals surface area contributed by atoms with Crippen LogP contribution in [0.1, 0.15) is 29.7 Å². The van der Waals surface area contributed by atoms with Gasteiger partial charge in [-0.25, -0.2) is 8.78 Å². The molecule has 0 aromatic heterocycles. The number of nitrogens with zero attached hydrogens (tertiary/aromatic N) is 2. The highest BCUT2D eigenvalue weighted by Crippen LogP contribution is 2.22. The quantitative estimate of drug-likeness (QED) is 0.848. The summed E-state index contributed by atoms with van der Waals surface area (Å²) in [4.78, 5) is 1.95. The molecular formula is C17H16F2N2. The van der Waals surface area contributed by atoms with Crippen molar-refractivity contribution >= 4 is 0 Å². The molecule has 0 aliphatic heterocycles. The summed E-state index contributed by atoms with van der Waals surface area (Å²) in [6, 6.07) is 12.6. The number of hydrogen-bond donors (Lipinski definition) is 0. The third-order valence-corrected chi connectivity index (χ3v) is 3.61. The molecule has 0 aliphatic carbocycles. The minimum atomic E-state index is -0.327. The van der Waals surface area contributed by atoms with Crippen molar-refractivity contribution in [3.05, 3.63) is 70.8 Å². The molecule has 0 radical (unpaired) electrons. The lowest BCUT2D eigenvalue weighted by Crippen LogP contribution is -2.22. The van der Waals surface area contributed by atoms with Crippen LogP contribution >= 0.6 is 0 Å². The van der Waals surface area contributed by atoms with E-state index < -0.39 is 0 Å². The summed E-state index contributed by atoms with van der Waals surface area (Å²) >= 11 is 0. The van der Waals surface area contributed by atoms with Crippen LogP contribution in [0.5, 0.6) is 0 Å². The molecule has 0 heterocycles. The molecule has 0 fully saturated rings. The van der Waals surface area contributed by atoms with E-state index in [1.54, 1.807) is 18.2 Å². The van der Waals surface area contributed by atoms with Crippen LogP contribution in [0.3, 0.4) is 0 Å². The summed E-state index contributed by atoms with van der Waals surface area (Å²) in [6.07, 6.45) is 0. The maximum Gasteiger partial charge on any atom is 0.127 e. The molecule has 21 heavy (non-hydrogen) atoms. The van der Waals surface area contributed by atoms with E-state index in [0.29, 0.717) is 17.7 Å². The molecule has 1 unspecified atom stereocenters. The predicted molar refractivity (Wildman–Crippen MR) is 77.4 cm³/mol. The third-order valence-electron chi connectivity index (χ3n) is 3.61. The molecule has 2 nitrogen and oxygen atoms in total. The average Bonchev–Trinajstić information content (AvgIpc) is 2.49.